The third kappa shape index (κ3) is 2.30. The molecule has 102 valence electrons. The molecule has 1 aliphatic rings. The molecule has 2 aromatic carbocycles. The van der Waals surface area contributed by atoms with Crippen molar-refractivity contribution in [3.8, 4) is 0 Å². The highest BCUT2D eigenvalue weighted by Crippen LogP contribution is 2.24. The van der Waals surface area contributed by atoms with Gasteiger partial charge in [-0.2, -0.15) is 0 Å². The van der Waals surface area contributed by atoms with Gasteiger partial charge < -0.3 is 11.1 Å². The van der Waals surface area contributed by atoms with E-state index >= 15 is 0 Å². The lowest BCUT2D eigenvalue weighted by molar-refractivity contribution is 0.624. The molecule has 0 aliphatic carbocycles. The monoisotopic (exact) mass is 269 g/mol. The molecule has 20 heavy (non-hydrogen) atoms. The van der Waals surface area contributed by atoms with Crippen LogP contribution in [0.2, 0.25) is 0 Å². The molecule has 2 aromatic rings. The molecule has 3 N–H and O–H groups in total. The number of halogens is 1. The summed E-state index contributed by atoms with van der Waals surface area (Å²) in [6.45, 7) is 1.09. The zero-order chi connectivity index (χ0) is 13.9. The van der Waals surface area contributed by atoms with Crippen LogP contribution in [-0.4, -0.2) is 24.8 Å². The van der Waals surface area contributed by atoms with Gasteiger partial charge in [0.05, 0.1) is 11.8 Å². The molecular formula is C16H16FN3. The minimum atomic E-state index is -0.265. The van der Waals surface area contributed by atoms with E-state index in [1.165, 1.54) is 6.07 Å². The van der Waals surface area contributed by atoms with Gasteiger partial charge in [-0.05, 0) is 18.2 Å². The summed E-state index contributed by atoms with van der Waals surface area (Å²) in [5, 5.41) is 3.33. The number of anilines is 1. The normalized spacial score (nSPS) is 17.7. The number of nitrogens with two attached hydrogens (primary N) is 1. The van der Waals surface area contributed by atoms with E-state index in [0.717, 1.165) is 11.3 Å². The topological polar surface area (TPSA) is 50.4 Å². The first-order valence-electron chi connectivity index (χ1n) is 6.65. The number of nitrogens with one attached hydrogen (secondary N) is 1. The summed E-state index contributed by atoms with van der Waals surface area (Å²) in [7, 11) is 0. The fourth-order valence-corrected chi connectivity index (χ4v) is 2.37. The first-order chi connectivity index (χ1) is 9.79. The number of benzene rings is 2. The maximum Gasteiger partial charge on any atom is 0.132 e. The first-order valence-corrected chi connectivity index (χ1v) is 6.65. The highest BCUT2D eigenvalue weighted by molar-refractivity contribution is 6.16. The number of hydrogen-bond acceptors (Lipinski definition) is 3. The van der Waals surface area contributed by atoms with Gasteiger partial charge in [-0.3, -0.25) is 4.99 Å². The highest BCUT2D eigenvalue weighted by atomic mass is 19.1. The van der Waals surface area contributed by atoms with Crippen LogP contribution in [0.1, 0.15) is 11.1 Å². The second-order valence-electron chi connectivity index (χ2n) is 4.77. The zero-order valence-electron chi connectivity index (χ0n) is 11.0. The van der Waals surface area contributed by atoms with E-state index in [1.807, 2.05) is 30.3 Å². The van der Waals surface area contributed by atoms with Crippen molar-refractivity contribution in [1.29, 1.82) is 0 Å². The summed E-state index contributed by atoms with van der Waals surface area (Å²) in [5.41, 5.74) is 8.80. The molecule has 1 atom stereocenters. The summed E-state index contributed by atoms with van der Waals surface area (Å²) in [6.07, 6.45) is 0. The Bertz CT molecular complexity index is 652. The maximum atomic E-state index is 14.1. The number of aliphatic imine (C=N–C) groups is 1. The summed E-state index contributed by atoms with van der Waals surface area (Å²) in [5.74, 6) is -0.265. The molecule has 1 aliphatic heterocycles. The van der Waals surface area contributed by atoms with Crippen LogP contribution in [0.25, 0.3) is 0 Å². The second-order valence-corrected chi connectivity index (χ2v) is 4.77. The Labute approximate surface area is 117 Å². The lowest BCUT2D eigenvalue weighted by Crippen LogP contribution is -2.26. The second kappa shape index (κ2) is 5.43. The van der Waals surface area contributed by atoms with Crippen molar-refractivity contribution < 1.29 is 4.39 Å². The van der Waals surface area contributed by atoms with Crippen LogP contribution in [0.15, 0.2) is 53.5 Å². The Morgan fingerprint density at radius 1 is 1.10 bits per heavy atom. The standard InChI is InChI=1S/C16H16FN3/c17-14-7-3-1-5-12(14)16-13-6-2-4-8-15(13)19-10-11(9-18)20-16/h1-8,11,19H,9-10,18H2/t11-/m0/s1. The number of hydrogen-bond donors (Lipinski definition) is 2. The summed E-state index contributed by atoms with van der Waals surface area (Å²) in [6, 6.07) is 14.5. The average Bonchev–Trinajstić information content (AvgIpc) is 2.67. The van der Waals surface area contributed by atoms with Crippen LogP contribution in [-0.2, 0) is 0 Å². The number of benzodiazepines with no additional fused rings is 1. The molecule has 0 radical (unpaired) electrons. The van der Waals surface area contributed by atoms with Crippen LogP contribution in [0.3, 0.4) is 0 Å². The SMILES string of the molecule is NC[C@H]1CNc2ccccc2C(c2ccccc2F)=N1. The average molecular weight is 269 g/mol. The first kappa shape index (κ1) is 12.8. The van der Waals surface area contributed by atoms with Gasteiger partial charge in [-0.15, -0.1) is 0 Å². The smallest absolute Gasteiger partial charge is 0.132 e. The van der Waals surface area contributed by atoms with Gasteiger partial charge in [-0.1, -0.05) is 30.3 Å². The Morgan fingerprint density at radius 2 is 1.80 bits per heavy atom. The molecule has 0 aromatic heterocycles. The van der Waals surface area contributed by atoms with E-state index < -0.39 is 0 Å². The van der Waals surface area contributed by atoms with Gasteiger partial charge in [0.15, 0.2) is 0 Å². The van der Waals surface area contributed by atoms with Gasteiger partial charge in [0.25, 0.3) is 0 Å². The molecule has 4 heteroatoms. The highest BCUT2D eigenvalue weighted by Gasteiger charge is 2.20. The molecule has 3 rings (SSSR count). The van der Waals surface area contributed by atoms with E-state index in [4.69, 9.17) is 5.73 Å². The molecule has 0 amide bonds. The third-order valence-corrected chi connectivity index (χ3v) is 3.42. The molecule has 0 spiro atoms. The van der Waals surface area contributed by atoms with E-state index in [-0.39, 0.29) is 11.9 Å². The lowest BCUT2D eigenvalue weighted by atomic mass is 10.00. The minimum Gasteiger partial charge on any atom is -0.382 e. The quantitative estimate of drug-likeness (QED) is 0.879. The van der Waals surface area contributed by atoms with Crippen LogP contribution >= 0.6 is 0 Å². The Morgan fingerprint density at radius 3 is 2.55 bits per heavy atom. The Kier molecular flexibility index (Phi) is 3.48. The van der Waals surface area contributed by atoms with Crippen LogP contribution in [0, 0.1) is 5.82 Å². The summed E-state index contributed by atoms with van der Waals surface area (Å²) < 4.78 is 14.1. The lowest BCUT2D eigenvalue weighted by Gasteiger charge is -2.10. The molecule has 0 saturated carbocycles. The Balaban J connectivity index is 2.19. The summed E-state index contributed by atoms with van der Waals surface area (Å²) in [4.78, 5) is 4.66. The molecular weight excluding hydrogens is 253 g/mol. The van der Waals surface area contributed by atoms with E-state index in [0.29, 0.717) is 24.4 Å². The van der Waals surface area contributed by atoms with Crippen LogP contribution < -0.4 is 11.1 Å². The zero-order valence-corrected chi connectivity index (χ0v) is 11.0. The van der Waals surface area contributed by atoms with Crippen molar-refractivity contribution in [2.45, 2.75) is 6.04 Å². The predicted molar refractivity (Wildman–Crippen MR) is 79.8 cm³/mol. The largest absolute Gasteiger partial charge is 0.382 e. The van der Waals surface area contributed by atoms with Crippen molar-refractivity contribution in [1.82, 2.24) is 0 Å². The van der Waals surface area contributed by atoms with Crippen LogP contribution in [0.5, 0.6) is 0 Å². The fourth-order valence-electron chi connectivity index (χ4n) is 2.37. The van der Waals surface area contributed by atoms with Crippen molar-refractivity contribution in [3.63, 3.8) is 0 Å². The summed E-state index contributed by atoms with van der Waals surface area (Å²) >= 11 is 0. The minimum absolute atomic E-state index is 0.0583. The predicted octanol–water partition coefficient (Wildman–Crippen LogP) is 2.42. The van der Waals surface area contributed by atoms with E-state index in [1.54, 1.807) is 12.1 Å². The van der Waals surface area contributed by atoms with E-state index in [2.05, 4.69) is 10.3 Å². The van der Waals surface area contributed by atoms with Gasteiger partial charge in [-0.25, -0.2) is 4.39 Å². The van der Waals surface area contributed by atoms with Gasteiger partial charge in [0.2, 0.25) is 0 Å². The molecule has 1 heterocycles. The molecule has 0 unspecified atom stereocenters. The number of para-hydroxylation sites is 1. The van der Waals surface area contributed by atoms with Crippen molar-refractivity contribution in [2.24, 2.45) is 10.7 Å². The third-order valence-electron chi connectivity index (χ3n) is 3.42. The number of fused-ring (bicyclic) bond motifs is 1. The number of rotatable bonds is 2. The number of nitrogens with zero attached hydrogens (tertiary/aromatic N) is 1. The van der Waals surface area contributed by atoms with Crippen LogP contribution in [0.4, 0.5) is 10.1 Å². The molecule has 0 bridgehead atoms. The van der Waals surface area contributed by atoms with Crippen molar-refractivity contribution in [2.75, 3.05) is 18.4 Å². The fraction of sp³-hybridized carbons (Fsp3) is 0.188. The van der Waals surface area contributed by atoms with Gasteiger partial charge in [0, 0.05) is 29.9 Å². The maximum absolute atomic E-state index is 14.1. The van der Waals surface area contributed by atoms with Crippen molar-refractivity contribution >= 4 is 11.4 Å². The van der Waals surface area contributed by atoms with E-state index in [9.17, 15) is 4.39 Å². The molecule has 3 nitrogen and oxygen atoms in total. The van der Waals surface area contributed by atoms with Gasteiger partial charge in [0.1, 0.15) is 5.82 Å². The Hall–Kier alpha value is -2.20. The van der Waals surface area contributed by atoms with Gasteiger partial charge >= 0.3 is 0 Å². The molecule has 0 saturated heterocycles. The molecule has 0 fully saturated rings. The van der Waals surface area contributed by atoms with Crippen molar-refractivity contribution in [3.05, 3.63) is 65.5 Å².